The van der Waals surface area contributed by atoms with Crippen LogP contribution in [0.3, 0.4) is 0 Å². The molecule has 0 amide bonds. The first-order chi connectivity index (χ1) is 9.04. The average Bonchev–Trinajstić information content (AvgIpc) is 2.38. The van der Waals surface area contributed by atoms with Gasteiger partial charge in [-0.1, -0.05) is 26.3 Å². The third-order valence-electron chi connectivity index (χ3n) is 3.35. The lowest BCUT2D eigenvalue weighted by molar-refractivity contribution is -0.140. The standard InChI is InChI=1S/C15H22O4/c1-5-6-10(2)14(15(16)17)11-7-8-12(18-3)13(9-11)19-4/h7-10,14H,5-6H2,1-4H3,(H,16,17). The van der Waals surface area contributed by atoms with Crippen LogP contribution in [0.1, 0.15) is 38.2 Å². The van der Waals surface area contributed by atoms with Gasteiger partial charge in [-0.2, -0.15) is 0 Å². The number of benzene rings is 1. The monoisotopic (exact) mass is 266 g/mol. The van der Waals surface area contributed by atoms with Crippen molar-refractivity contribution in [2.24, 2.45) is 5.92 Å². The van der Waals surface area contributed by atoms with Gasteiger partial charge in [0.15, 0.2) is 11.5 Å². The molecule has 2 atom stereocenters. The van der Waals surface area contributed by atoms with Crippen LogP contribution < -0.4 is 9.47 Å². The molecule has 0 spiro atoms. The summed E-state index contributed by atoms with van der Waals surface area (Å²) < 4.78 is 10.4. The molecular weight excluding hydrogens is 244 g/mol. The summed E-state index contributed by atoms with van der Waals surface area (Å²) in [6, 6.07) is 5.30. The number of carboxylic acid groups (broad SMARTS) is 1. The van der Waals surface area contributed by atoms with Crippen molar-refractivity contribution in [1.29, 1.82) is 0 Å². The van der Waals surface area contributed by atoms with Gasteiger partial charge < -0.3 is 14.6 Å². The molecule has 0 heterocycles. The second-order valence-electron chi connectivity index (χ2n) is 4.70. The first kappa shape index (κ1) is 15.3. The van der Waals surface area contributed by atoms with Crippen molar-refractivity contribution < 1.29 is 19.4 Å². The lowest BCUT2D eigenvalue weighted by Gasteiger charge is -2.21. The largest absolute Gasteiger partial charge is 0.493 e. The Balaban J connectivity index is 3.13. The highest BCUT2D eigenvalue weighted by Gasteiger charge is 2.26. The molecule has 0 aliphatic carbocycles. The van der Waals surface area contributed by atoms with Gasteiger partial charge in [-0.25, -0.2) is 0 Å². The highest BCUT2D eigenvalue weighted by molar-refractivity contribution is 5.76. The van der Waals surface area contributed by atoms with Gasteiger partial charge >= 0.3 is 5.97 Å². The molecule has 1 N–H and O–H groups in total. The summed E-state index contributed by atoms with van der Waals surface area (Å²) in [5.74, 6) is -0.0537. The Hall–Kier alpha value is -1.71. The van der Waals surface area contributed by atoms with Crippen LogP contribution >= 0.6 is 0 Å². The normalized spacial score (nSPS) is 13.7. The van der Waals surface area contributed by atoms with E-state index in [9.17, 15) is 9.90 Å². The van der Waals surface area contributed by atoms with Crippen molar-refractivity contribution >= 4 is 5.97 Å². The van der Waals surface area contributed by atoms with Crippen molar-refractivity contribution in [2.75, 3.05) is 14.2 Å². The number of carbonyl (C=O) groups is 1. The third kappa shape index (κ3) is 3.63. The van der Waals surface area contributed by atoms with Gasteiger partial charge in [-0.05, 0) is 30.0 Å². The summed E-state index contributed by atoms with van der Waals surface area (Å²) in [5, 5.41) is 9.44. The number of rotatable bonds is 7. The van der Waals surface area contributed by atoms with Gasteiger partial charge in [-0.15, -0.1) is 0 Å². The van der Waals surface area contributed by atoms with Crippen molar-refractivity contribution in [3.8, 4) is 11.5 Å². The first-order valence-electron chi connectivity index (χ1n) is 6.49. The second-order valence-corrected chi connectivity index (χ2v) is 4.70. The minimum atomic E-state index is -0.798. The van der Waals surface area contributed by atoms with E-state index >= 15 is 0 Å². The fraction of sp³-hybridized carbons (Fsp3) is 0.533. The highest BCUT2D eigenvalue weighted by Crippen LogP contribution is 2.34. The van der Waals surface area contributed by atoms with Gasteiger partial charge in [0.1, 0.15) is 0 Å². The zero-order chi connectivity index (χ0) is 14.4. The molecule has 0 saturated heterocycles. The molecule has 0 fully saturated rings. The van der Waals surface area contributed by atoms with E-state index in [0.717, 1.165) is 18.4 Å². The molecule has 0 aliphatic rings. The Kier molecular flexibility index (Phi) is 5.67. The van der Waals surface area contributed by atoms with Crippen LogP contribution in [0, 0.1) is 5.92 Å². The summed E-state index contributed by atoms with van der Waals surface area (Å²) in [4.78, 5) is 11.5. The minimum absolute atomic E-state index is 0.0839. The Morgan fingerprint density at radius 2 is 1.89 bits per heavy atom. The SMILES string of the molecule is CCCC(C)C(C(=O)O)c1ccc(OC)c(OC)c1. The van der Waals surface area contributed by atoms with Crippen LogP contribution in [-0.4, -0.2) is 25.3 Å². The summed E-state index contributed by atoms with van der Waals surface area (Å²) in [6.07, 6.45) is 1.85. The summed E-state index contributed by atoms with van der Waals surface area (Å²) in [6.45, 7) is 4.03. The number of hydrogen-bond donors (Lipinski definition) is 1. The highest BCUT2D eigenvalue weighted by atomic mass is 16.5. The van der Waals surface area contributed by atoms with Gasteiger partial charge in [0.25, 0.3) is 0 Å². The van der Waals surface area contributed by atoms with Crippen LogP contribution in [0.15, 0.2) is 18.2 Å². The van der Waals surface area contributed by atoms with Crippen LogP contribution in [0.5, 0.6) is 11.5 Å². The molecule has 0 aromatic heterocycles. The number of aliphatic carboxylic acids is 1. The van der Waals surface area contributed by atoms with Crippen LogP contribution in [-0.2, 0) is 4.79 Å². The van der Waals surface area contributed by atoms with Crippen LogP contribution in [0.2, 0.25) is 0 Å². The van der Waals surface area contributed by atoms with E-state index in [1.165, 1.54) is 0 Å². The maximum Gasteiger partial charge on any atom is 0.311 e. The topological polar surface area (TPSA) is 55.8 Å². The third-order valence-corrected chi connectivity index (χ3v) is 3.35. The smallest absolute Gasteiger partial charge is 0.311 e. The zero-order valence-corrected chi connectivity index (χ0v) is 12.0. The number of hydrogen-bond acceptors (Lipinski definition) is 3. The van der Waals surface area contributed by atoms with E-state index in [1.807, 2.05) is 6.92 Å². The molecule has 4 heteroatoms. The van der Waals surface area contributed by atoms with Gasteiger partial charge in [0, 0.05) is 0 Å². The molecule has 4 nitrogen and oxygen atoms in total. The number of methoxy groups -OCH3 is 2. The van der Waals surface area contributed by atoms with Gasteiger partial charge in [-0.3, -0.25) is 4.79 Å². The Labute approximate surface area is 114 Å². The predicted octanol–water partition coefficient (Wildman–Crippen LogP) is 3.31. The molecule has 0 aliphatic heterocycles. The Morgan fingerprint density at radius 1 is 1.26 bits per heavy atom. The lowest BCUT2D eigenvalue weighted by Crippen LogP contribution is -2.19. The molecule has 106 valence electrons. The molecule has 1 aromatic carbocycles. The summed E-state index contributed by atoms with van der Waals surface area (Å²) >= 11 is 0. The summed E-state index contributed by atoms with van der Waals surface area (Å²) in [5.41, 5.74) is 0.756. The van der Waals surface area contributed by atoms with E-state index in [0.29, 0.717) is 11.5 Å². The zero-order valence-electron chi connectivity index (χ0n) is 12.0. The maximum atomic E-state index is 11.5. The number of carboxylic acids is 1. The molecule has 19 heavy (non-hydrogen) atoms. The molecule has 0 bridgehead atoms. The lowest BCUT2D eigenvalue weighted by atomic mass is 9.84. The average molecular weight is 266 g/mol. The second kappa shape index (κ2) is 7.02. The predicted molar refractivity (Wildman–Crippen MR) is 74.0 cm³/mol. The molecule has 2 unspecified atom stereocenters. The van der Waals surface area contributed by atoms with Crippen molar-refractivity contribution in [2.45, 2.75) is 32.6 Å². The van der Waals surface area contributed by atoms with E-state index in [4.69, 9.17) is 9.47 Å². The quantitative estimate of drug-likeness (QED) is 0.822. The van der Waals surface area contributed by atoms with Gasteiger partial charge in [0.2, 0.25) is 0 Å². The van der Waals surface area contributed by atoms with E-state index < -0.39 is 11.9 Å². The molecule has 1 aromatic rings. The first-order valence-corrected chi connectivity index (χ1v) is 6.49. The van der Waals surface area contributed by atoms with Gasteiger partial charge in [0.05, 0.1) is 20.1 Å². The molecule has 0 saturated carbocycles. The Morgan fingerprint density at radius 3 is 2.37 bits per heavy atom. The fourth-order valence-electron chi connectivity index (χ4n) is 2.38. The fourth-order valence-corrected chi connectivity index (χ4v) is 2.38. The van der Waals surface area contributed by atoms with Crippen molar-refractivity contribution in [1.82, 2.24) is 0 Å². The number of ether oxygens (including phenoxy) is 2. The van der Waals surface area contributed by atoms with E-state index in [1.54, 1.807) is 32.4 Å². The molecule has 1 rings (SSSR count). The van der Waals surface area contributed by atoms with Crippen molar-refractivity contribution in [3.05, 3.63) is 23.8 Å². The van der Waals surface area contributed by atoms with Crippen LogP contribution in [0.25, 0.3) is 0 Å². The van der Waals surface area contributed by atoms with E-state index in [-0.39, 0.29) is 5.92 Å². The molecule has 0 radical (unpaired) electrons. The minimum Gasteiger partial charge on any atom is -0.493 e. The van der Waals surface area contributed by atoms with E-state index in [2.05, 4.69) is 6.92 Å². The van der Waals surface area contributed by atoms with Crippen LogP contribution in [0.4, 0.5) is 0 Å². The summed E-state index contributed by atoms with van der Waals surface area (Å²) in [7, 11) is 3.11. The molecular formula is C15H22O4. The van der Waals surface area contributed by atoms with Crippen molar-refractivity contribution in [3.63, 3.8) is 0 Å². The Bertz CT molecular complexity index is 428. The maximum absolute atomic E-state index is 11.5.